The van der Waals surface area contributed by atoms with E-state index in [4.69, 9.17) is 0 Å². The van der Waals surface area contributed by atoms with Gasteiger partial charge in [0.25, 0.3) is 11.5 Å². The molecule has 9 heteroatoms. The molecule has 0 fully saturated rings. The van der Waals surface area contributed by atoms with Crippen LogP contribution in [-0.2, 0) is 6.54 Å². The molecule has 1 heterocycles. The smallest absolute Gasteiger partial charge is 0.405 e. The van der Waals surface area contributed by atoms with Crippen LogP contribution in [0.1, 0.15) is 16.1 Å². The molecule has 3 rings (SSSR count). The first kappa shape index (κ1) is 18.4. The first-order valence-corrected chi connectivity index (χ1v) is 7.83. The van der Waals surface area contributed by atoms with E-state index in [1.807, 2.05) is 0 Å². The molecule has 0 unspecified atom stereocenters. The summed E-state index contributed by atoms with van der Waals surface area (Å²) < 4.78 is 41.6. The summed E-state index contributed by atoms with van der Waals surface area (Å²) in [7, 11) is 1.42. The molecule has 0 aliphatic rings. The maximum Gasteiger partial charge on any atom is 0.573 e. The van der Waals surface area contributed by atoms with E-state index >= 15 is 0 Å². The predicted molar refractivity (Wildman–Crippen MR) is 91.3 cm³/mol. The van der Waals surface area contributed by atoms with Crippen molar-refractivity contribution in [3.63, 3.8) is 0 Å². The number of carbonyl (C=O) groups excluding carboxylic acids is 1. The second-order valence-corrected chi connectivity index (χ2v) is 5.76. The molecule has 140 valence electrons. The van der Waals surface area contributed by atoms with Gasteiger partial charge in [-0.1, -0.05) is 36.4 Å². The highest BCUT2D eigenvalue weighted by Crippen LogP contribution is 2.27. The number of halogens is 3. The molecule has 0 radical (unpaired) electrons. The Kier molecular flexibility index (Phi) is 4.85. The number of rotatable bonds is 4. The molecule has 3 aromatic rings. The minimum Gasteiger partial charge on any atom is -0.405 e. The Bertz CT molecular complexity index is 1050. The highest BCUT2D eigenvalue weighted by Gasteiger charge is 2.32. The molecule has 0 aliphatic heterocycles. The molecule has 27 heavy (non-hydrogen) atoms. The maximum absolute atomic E-state index is 12.7. The number of fused-ring (bicyclic) bond motifs is 1. The summed E-state index contributed by atoms with van der Waals surface area (Å²) in [6.45, 7) is -0.139. The van der Waals surface area contributed by atoms with Crippen molar-refractivity contribution in [3.05, 3.63) is 70.1 Å². The molecule has 0 saturated heterocycles. The molecule has 2 aromatic carbocycles. The van der Waals surface area contributed by atoms with Crippen molar-refractivity contribution in [1.29, 1.82) is 0 Å². The number of hydrogen-bond donors (Lipinski definition) is 1. The summed E-state index contributed by atoms with van der Waals surface area (Å²) in [6, 6.07) is 12.0. The summed E-state index contributed by atoms with van der Waals surface area (Å²) in [5.41, 5.74) is -0.255. The molecule has 0 spiro atoms. The molecule has 0 bridgehead atoms. The van der Waals surface area contributed by atoms with Crippen molar-refractivity contribution in [1.82, 2.24) is 15.1 Å². The molecule has 1 aromatic heterocycles. The van der Waals surface area contributed by atoms with Gasteiger partial charge in [-0.2, -0.15) is 5.10 Å². The van der Waals surface area contributed by atoms with Crippen LogP contribution < -0.4 is 10.3 Å². The van der Waals surface area contributed by atoms with Gasteiger partial charge in [0.2, 0.25) is 0 Å². The summed E-state index contributed by atoms with van der Waals surface area (Å²) in [6.07, 6.45) is -4.84. The Balaban J connectivity index is 1.90. The molecule has 1 N–H and O–H groups in total. The normalized spacial score (nSPS) is 11.4. The summed E-state index contributed by atoms with van der Waals surface area (Å²) in [4.78, 5) is 25.8. The van der Waals surface area contributed by atoms with E-state index in [0.717, 1.165) is 0 Å². The van der Waals surface area contributed by atoms with E-state index in [0.29, 0.717) is 10.8 Å². The van der Waals surface area contributed by atoms with E-state index in [-0.39, 0.29) is 23.6 Å². The van der Waals surface area contributed by atoms with Gasteiger partial charge in [-0.15, -0.1) is 13.2 Å². The molecule has 6 nitrogen and oxygen atoms in total. The summed E-state index contributed by atoms with van der Waals surface area (Å²) >= 11 is 0. The topological polar surface area (TPSA) is 75.3 Å². The number of aromatic nitrogens is 2. The van der Waals surface area contributed by atoms with Crippen molar-refractivity contribution in [3.8, 4) is 5.75 Å². The highest BCUT2D eigenvalue weighted by atomic mass is 19.4. The number of nitrogens with zero attached hydrogens (tertiary/aromatic N) is 2. The number of para-hydroxylation sites is 1. The summed E-state index contributed by atoms with van der Waals surface area (Å²) in [5, 5.41) is 6.72. The number of ether oxygens (including phenoxy) is 1. The van der Waals surface area contributed by atoms with Gasteiger partial charge in [0.05, 0.1) is 5.39 Å². The SMILES string of the molecule is CN(Cc1ccccc1OC(F)(F)F)C(=O)c1n[nH]c(=O)c2ccccc12. The van der Waals surface area contributed by atoms with Crippen molar-refractivity contribution in [2.45, 2.75) is 12.9 Å². The summed E-state index contributed by atoms with van der Waals surface area (Å²) in [5.74, 6) is -0.937. The van der Waals surface area contributed by atoms with Crippen LogP contribution in [0.15, 0.2) is 53.3 Å². The van der Waals surface area contributed by atoms with Gasteiger partial charge in [0, 0.05) is 24.5 Å². The molecular weight excluding hydrogens is 363 g/mol. The van der Waals surface area contributed by atoms with Crippen LogP contribution in [0.3, 0.4) is 0 Å². The quantitative estimate of drug-likeness (QED) is 0.758. The zero-order valence-electron chi connectivity index (χ0n) is 14.1. The number of benzene rings is 2. The van der Waals surface area contributed by atoms with Crippen LogP contribution in [0.4, 0.5) is 13.2 Å². The van der Waals surface area contributed by atoms with Crippen molar-refractivity contribution in [2.24, 2.45) is 0 Å². The molecule has 0 atom stereocenters. The van der Waals surface area contributed by atoms with Gasteiger partial charge >= 0.3 is 6.36 Å². The van der Waals surface area contributed by atoms with Crippen LogP contribution in [0.2, 0.25) is 0 Å². The molecule has 0 saturated carbocycles. The second kappa shape index (κ2) is 7.10. The average Bonchev–Trinajstić information content (AvgIpc) is 2.62. The van der Waals surface area contributed by atoms with Crippen molar-refractivity contribution in [2.75, 3.05) is 7.05 Å². The lowest BCUT2D eigenvalue weighted by Crippen LogP contribution is -2.29. The van der Waals surface area contributed by atoms with Crippen molar-refractivity contribution >= 4 is 16.7 Å². The van der Waals surface area contributed by atoms with Crippen LogP contribution in [0.5, 0.6) is 5.75 Å². The highest BCUT2D eigenvalue weighted by molar-refractivity contribution is 6.04. The Morgan fingerprint density at radius 2 is 1.74 bits per heavy atom. The zero-order chi connectivity index (χ0) is 19.6. The van der Waals surface area contributed by atoms with Gasteiger partial charge in [-0.05, 0) is 12.1 Å². The van der Waals surface area contributed by atoms with Gasteiger partial charge in [0.15, 0.2) is 5.69 Å². The Morgan fingerprint density at radius 3 is 2.44 bits per heavy atom. The minimum absolute atomic E-state index is 0.00178. The Labute approximate surface area is 151 Å². The fourth-order valence-electron chi connectivity index (χ4n) is 2.64. The molecule has 1 amide bonds. The van der Waals surface area contributed by atoms with Crippen molar-refractivity contribution < 1.29 is 22.7 Å². The number of aromatic amines is 1. The van der Waals surface area contributed by atoms with Crippen LogP contribution in [0, 0.1) is 0 Å². The Morgan fingerprint density at radius 1 is 1.11 bits per heavy atom. The zero-order valence-corrected chi connectivity index (χ0v) is 14.1. The third-order valence-electron chi connectivity index (χ3n) is 3.85. The molecule has 0 aliphatic carbocycles. The van der Waals surface area contributed by atoms with Gasteiger partial charge in [-0.3, -0.25) is 9.59 Å². The lowest BCUT2D eigenvalue weighted by atomic mass is 10.1. The van der Waals surface area contributed by atoms with Gasteiger partial charge < -0.3 is 9.64 Å². The third-order valence-corrected chi connectivity index (χ3v) is 3.85. The van der Waals surface area contributed by atoms with E-state index in [2.05, 4.69) is 14.9 Å². The largest absolute Gasteiger partial charge is 0.573 e. The van der Waals surface area contributed by atoms with Crippen LogP contribution >= 0.6 is 0 Å². The monoisotopic (exact) mass is 377 g/mol. The standard InChI is InChI=1S/C18H14F3N3O3/c1-24(10-11-6-2-5-9-14(11)27-18(19,20)21)17(26)15-12-7-3-4-8-13(12)16(25)23-22-15/h2-9H,10H2,1H3,(H,23,25). The number of nitrogens with one attached hydrogen (secondary N) is 1. The number of carbonyl (C=O) groups is 1. The lowest BCUT2D eigenvalue weighted by molar-refractivity contribution is -0.275. The number of hydrogen-bond acceptors (Lipinski definition) is 4. The number of H-pyrrole nitrogens is 1. The third kappa shape index (κ3) is 4.08. The first-order valence-electron chi connectivity index (χ1n) is 7.83. The van der Waals surface area contributed by atoms with Crippen LogP contribution in [0.25, 0.3) is 10.8 Å². The van der Waals surface area contributed by atoms with E-state index < -0.39 is 17.8 Å². The van der Waals surface area contributed by atoms with E-state index in [9.17, 15) is 22.8 Å². The minimum atomic E-state index is -4.84. The molecular formula is C18H14F3N3O3. The average molecular weight is 377 g/mol. The second-order valence-electron chi connectivity index (χ2n) is 5.76. The maximum atomic E-state index is 12.7. The van der Waals surface area contributed by atoms with E-state index in [1.165, 1.54) is 30.1 Å². The van der Waals surface area contributed by atoms with E-state index in [1.54, 1.807) is 30.3 Å². The fraction of sp³-hybridized carbons (Fsp3) is 0.167. The first-order chi connectivity index (χ1) is 12.8. The van der Waals surface area contributed by atoms with Crippen LogP contribution in [-0.4, -0.2) is 34.4 Å². The number of amides is 1. The fourth-order valence-corrected chi connectivity index (χ4v) is 2.64. The van der Waals surface area contributed by atoms with Gasteiger partial charge in [0.1, 0.15) is 5.75 Å². The predicted octanol–water partition coefficient (Wildman–Crippen LogP) is 3.09. The Hall–Kier alpha value is -3.36. The lowest BCUT2D eigenvalue weighted by Gasteiger charge is -2.20. The number of alkyl halides is 3. The van der Waals surface area contributed by atoms with Gasteiger partial charge in [-0.25, -0.2) is 5.10 Å².